The van der Waals surface area contributed by atoms with Crippen molar-refractivity contribution in [1.29, 1.82) is 5.26 Å². The number of primary amides is 1. The van der Waals surface area contributed by atoms with Crippen molar-refractivity contribution in [1.82, 2.24) is 4.98 Å². The molecular formula is C12H9N3O2. The fourth-order valence-electron chi connectivity index (χ4n) is 1.65. The number of nitriles is 1. The standard InChI is InChI=1S/C12H9N3O2/c13-6-7-1-2-10-9(3-7)11(16)4-8(15-10)5-12(14)17/h1-4H,5H2,(H2,14,17)(H,15,16). The Bertz CT molecular complexity index is 695. The van der Waals surface area contributed by atoms with Crippen LogP contribution < -0.4 is 11.2 Å². The third-order valence-corrected chi connectivity index (χ3v) is 2.38. The molecule has 84 valence electrons. The van der Waals surface area contributed by atoms with E-state index < -0.39 is 5.91 Å². The maximum absolute atomic E-state index is 11.8. The average molecular weight is 227 g/mol. The Morgan fingerprint density at radius 1 is 1.41 bits per heavy atom. The molecule has 0 bridgehead atoms. The van der Waals surface area contributed by atoms with E-state index >= 15 is 0 Å². The van der Waals surface area contributed by atoms with Gasteiger partial charge >= 0.3 is 0 Å². The van der Waals surface area contributed by atoms with Crippen molar-refractivity contribution < 1.29 is 4.79 Å². The number of nitrogens with one attached hydrogen (secondary N) is 1. The minimum atomic E-state index is -0.506. The topological polar surface area (TPSA) is 99.7 Å². The molecule has 3 N–H and O–H groups in total. The molecule has 0 spiro atoms. The molecule has 17 heavy (non-hydrogen) atoms. The van der Waals surface area contributed by atoms with Crippen LogP contribution in [0.25, 0.3) is 10.9 Å². The minimum absolute atomic E-state index is 0.00875. The molecule has 0 aliphatic carbocycles. The number of benzene rings is 1. The first-order valence-corrected chi connectivity index (χ1v) is 4.94. The zero-order chi connectivity index (χ0) is 12.4. The fourth-order valence-corrected chi connectivity index (χ4v) is 1.65. The molecule has 0 saturated carbocycles. The molecule has 0 radical (unpaired) electrons. The van der Waals surface area contributed by atoms with Gasteiger partial charge in [0, 0.05) is 22.7 Å². The van der Waals surface area contributed by atoms with Crippen LogP contribution in [-0.4, -0.2) is 10.9 Å². The highest BCUT2D eigenvalue weighted by atomic mass is 16.1. The average Bonchev–Trinajstić information content (AvgIpc) is 2.28. The number of nitrogens with two attached hydrogens (primary N) is 1. The number of H-pyrrole nitrogens is 1. The number of rotatable bonds is 2. The molecule has 0 aliphatic rings. The lowest BCUT2D eigenvalue weighted by Crippen LogP contribution is -2.16. The van der Waals surface area contributed by atoms with Crippen molar-refractivity contribution >= 4 is 16.8 Å². The highest BCUT2D eigenvalue weighted by Crippen LogP contribution is 2.10. The van der Waals surface area contributed by atoms with E-state index in [1.54, 1.807) is 12.1 Å². The lowest BCUT2D eigenvalue weighted by Gasteiger charge is -2.02. The van der Waals surface area contributed by atoms with Gasteiger partial charge in [-0.2, -0.15) is 5.26 Å². The van der Waals surface area contributed by atoms with Crippen molar-refractivity contribution in [3.63, 3.8) is 0 Å². The number of amides is 1. The second-order valence-corrected chi connectivity index (χ2v) is 3.67. The second kappa shape index (κ2) is 4.10. The van der Waals surface area contributed by atoms with Gasteiger partial charge in [-0.25, -0.2) is 0 Å². The summed E-state index contributed by atoms with van der Waals surface area (Å²) in [7, 11) is 0. The molecule has 1 aromatic carbocycles. The molecule has 1 amide bonds. The van der Waals surface area contributed by atoms with Crippen LogP contribution in [0.2, 0.25) is 0 Å². The molecule has 0 saturated heterocycles. The van der Waals surface area contributed by atoms with E-state index in [1.165, 1.54) is 12.1 Å². The SMILES string of the molecule is N#Cc1ccc2[nH]c(CC(N)=O)cc(=O)c2c1. The van der Waals surface area contributed by atoms with E-state index in [0.29, 0.717) is 22.2 Å². The van der Waals surface area contributed by atoms with Crippen molar-refractivity contribution in [2.24, 2.45) is 5.73 Å². The summed E-state index contributed by atoms with van der Waals surface area (Å²) in [5.74, 6) is -0.506. The van der Waals surface area contributed by atoms with Gasteiger partial charge in [0.1, 0.15) is 0 Å². The van der Waals surface area contributed by atoms with Crippen LogP contribution in [0.15, 0.2) is 29.1 Å². The maximum atomic E-state index is 11.8. The number of hydrogen-bond donors (Lipinski definition) is 2. The highest BCUT2D eigenvalue weighted by Gasteiger charge is 2.05. The Balaban J connectivity index is 2.64. The molecule has 1 aromatic heterocycles. The van der Waals surface area contributed by atoms with E-state index in [1.807, 2.05) is 6.07 Å². The van der Waals surface area contributed by atoms with E-state index in [4.69, 9.17) is 11.0 Å². The van der Waals surface area contributed by atoms with Crippen LogP contribution in [0.3, 0.4) is 0 Å². The molecule has 2 rings (SSSR count). The number of nitrogens with zero attached hydrogens (tertiary/aromatic N) is 1. The van der Waals surface area contributed by atoms with Crippen LogP contribution >= 0.6 is 0 Å². The summed E-state index contributed by atoms with van der Waals surface area (Å²) >= 11 is 0. The lowest BCUT2D eigenvalue weighted by atomic mass is 10.1. The van der Waals surface area contributed by atoms with Crippen molar-refractivity contribution in [3.8, 4) is 6.07 Å². The van der Waals surface area contributed by atoms with Gasteiger partial charge in [0.05, 0.1) is 18.1 Å². The lowest BCUT2D eigenvalue weighted by molar-refractivity contribution is -0.117. The molecule has 5 heteroatoms. The van der Waals surface area contributed by atoms with Crippen LogP contribution in [0.4, 0.5) is 0 Å². The quantitative estimate of drug-likeness (QED) is 0.777. The molecule has 0 aliphatic heterocycles. The summed E-state index contributed by atoms with van der Waals surface area (Å²) in [5.41, 5.74) is 6.32. The number of hydrogen-bond acceptors (Lipinski definition) is 3. The molecule has 5 nitrogen and oxygen atoms in total. The van der Waals surface area contributed by atoms with Gasteiger partial charge in [-0.1, -0.05) is 0 Å². The third kappa shape index (κ3) is 2.16. The molecule has 1 heterocycles. The van der Waals surface area contributed by atoms with Crippen molar-refractivity contribution in [3.05, 3.63) is 45.7 Å². The Labute approximate surface area is 96.5 Å². The van der Waals surface area contributed by atoms with E-state index in [2.05, 4.69) is 4.98 Å². The van der Waals surface area contributed by atoms with Gasteiger partial charge in [-0.15, -0.1) is 0 Å². The van der Waals surface area contributed by atoms with Crippen LogP contribution in [0.1, 0.15) is 11.3 Å². The van der Waals surface area contributed by atoms with Crippen molar-refractivity contribution in [2.75, 3.05) is 0 Å². The van der Waals surface area contributed by atoms with Gasteiger partial charge in [0.25, 0.3) is 0 Å². The smallest absolute Gasteiger partial charge is 0.223 e. The van der Waals surface area contributed by atoms with E-state index in [0.717, 1.165) is 0 Å². The number of fused-ring (bicyclic) bond motifs is 1. The predicted octanol–water partition coefficient (Wildman–Crippen LogP) is 0.428. The Morgan fingerprint density at radius 3 is 2.82 bits per heavy atom. The summed E-state index contributed by atoms with van der Waals surface area (Å²) < 4.78 is 0. The van der Waals surface area contributed by atoms with E-state index in [-0.39, 0.29) is 11.8 Å². The number of carbonyl (C=O) groups is 1. The Kier molecular flexibility index (Phi) is 2.63. The first-order valence-electron chi connectivity index (χ1n) is 4.94. The summed E-state index contributed by atoms with van der Waals surface area (Å²) in [6, 6.07) is 8.05. The normalized spacial score (nSPS) is 10.1. The molecule has 0 fully saturated rings. The molecule has 0 unspecified atom stereocenters. The predicted molar refractivity (Wildman–Crippen MR) is 62.2 cm³/mol. The third-order valence-electron chi connectivity index (χ3n) is 2.38. The van der Waals surface area contributed by atoms with Crippen LogP contribution in [0.5, 0.6) is 0 Å². The largest absolute Gasteiger partial charge is 0.369 e. The zero-order valence-corrected chi connectivity index (χ0v) is 8.86. The number of pyridine rings is 1. The minimum Gasteiger partial charge on any atom is -0.369 e. The van der Waals surface area contributed by atoms with Crippen molar-refractivity contribution in [2.45, 2.75) is 6.42 Å². The molecular weight excluding hydrogens is 218 g/mol. The van der Waals surface area contributed by atoms with Crippen LogP contribution in [0, 0.1) is 11.3 Å². The zero-order valence-electron chi connectivity index (χ0n) is 8.86. The summed E-state index contributed by atoms with van der Waals surface area (Å²) in [6.45, 7) is 0. The second-order valence-electron chi connectivity index (χ2n) is 3.67. The number of carbonyl (C=O) groups excluding carboxylic acids is 1. The number of aromatic amines is 1. The first-order chi connectivity index (χ1) is 8.10. The Morgan fingerprint density at radius 2 is 2.18 bits per heavy atom. The maximum Gasteiger partial charge on any atom is 0.223 e. The monoisotopic (exact) mass is 227 g/mol. The van der Waals surface area contributed by atoms with Gasteiger partial charge in [-0.05, 0) is 18.2 Å². The van der Waals surface area contributed by atoms with Gasteiger partial charge < -0.3 is 10.7 Å². The van der Waals surface area contributed by atoms with Gasteiger partial charge in [0.15, 0.2) is 5.43 Å². The van der Waals surface area contributed by atoms with Gasteiger partial charge in [0.2, 0.25) is 5.91 Å². The summed E-state index contributed by atoms with van der Waals surface area (Å²) in [4.78, 5) is 25.5. The highest BCUT2D eigenvalue weighted by molar-refractivity contribution is 5.81. The van der Waals surface area contributed by atoms with Crippen LogP contribution in [-0.2, 0) is 11.2 Å². The van der Waals surface area contributed by atoms with Gasteiger partial charge in [-0.3, -0.25) is 9.59 Å². The molecule has 0 atom stereocenters. The number of aromatic nitrogens is 1. The van der Waals surface area contributed by atoms with E-state index in [9.17, 15) is 9.59 Å². The Hall–Kier alpha value is -2.61. The summed E-state index contributed by atoms with van der Waals surface area (Å²) in [6.07, 6.45) is -0.00875. The fraction of sp³-hybridized carbons (Fsp3) is 0.0833. The molecule has 2 aromatic rings. The first kappa shape index (κ1) is 10.9. The summed E-state index contributed by atoms with van der Waals surface area (Å²) in [5, 5.41) is 9.17.